The summed E-state index contributed by atoms with van der Waals surface area (Å²) in [5, 5.41) is 2.86. The Morgan fingerprint density at radius 2 is 2.24 bits per heavy atom. The number of hydrogen-bond acceptors (Lipinski definition) is 4. The number of rotatable bonds is 6. The van der Waals surface area contributed by atoms with Gasteiger partial charge < -0.3 is 20.7 Å². The maximum atomic E-state index is 11.9. The monoisotopic (exact) mass is 291 g/mol. The van der Waals surface area contributed by atoms with Crippen molar-refractivity contribution in [2.45, 2.75) is 38.3 Å². The molecule has 0 aliphatic carbocycles. The molecule has 1 aromatic carbocycles. The van der Waals surface area contributed by atoms with Gasteiger partial charge in [-0.15, -0.1) is 0 Å². The van der Waals surface area contributed by atoms with E-state index in [1.165, 1.54) is 0 Å². The van der Waals surface area contributed by atoms with Crippen LogP contribution in [0.5, 0.6) is 0 Å². The molecular formula is C16H25N3O2. The first kappa shape index (κ1) is 15.8. The first-order valence-electron chi connectivity index (χ1n) is 7.54. The van der Waals surface area contributed by atoms with Crippen LogP contribution in [0.15, 0.2) is 24.3 Å². The van der Waals surface area contributed by atoms with Crippen molar-refractivity contribution in [2.24, 2.45) is 0 Å². The second kappa shape index (κ2) is 7.43. The molecule has 1 aliphatic rings. The molecule has 5 heteroatoms. The van der Waals surface area contributed by atoms with Gasteiger partial charge in [0, 0.05) is 19.1 Å². The molecule has 0 aromatic heterocycles. The van der Waals surface area contributed by atoms with Crippen LogP contribution in [0, 0.1) is 0 Å². The average molecular weight is 291 g/mol. The fraction of sp³-hybridized carbons (Fsp3) is 0.562. The van der Waals surface area contributed by atoms with Crippen molar-refractivity contribution >= 4 is 17.3 Å². The van der Waals surface area contributed by atoms with E-state index in [-0.39, 0.29) is 12.0 Å². The predicted molar refractivity (Wildman–Crippen MR) is 85.2 cm³/mol. The molecule has 1 amide bonds. The number of anilines is 2. The third-order valence-electron chi connectivity index (χ3n) is 4.05. The highest BCUT2D eigenvalue weighted by Crippen LogP contribution is 2.19. The van der Waals surface area contributed by atoms with Gasteiger partial charge in [0.25, 0.3) is 0 Å². The minimum absolute atomic E-state index is 0.0111. The van der Waals surface area contributed by atoms with Crippen molar-refractivity contribution in [3.8, 4) is 0 Å². The lowest BCUT2D eigenvalue weighted by Crippen LogP contribution is -2.37. The van der Waals surface area contributed by atoms with E-state index >= 15 is 0 Å². The summed E-state index contributed by atoms with van der Waals surface area (Å²) in [6.45, 7) is 3.85. The van der Waals surface area contributed by atoms with Crippen molar-refractivity contribution in [3.63, 3.8) is 0 Å². The molecule has 2 rings (SSSR count). The lowest BCUT2D eigenvalue weighted by atomic mass is 10.1. The van der Waals surface area contributed by atoms with Crippen LogP contribution in [0.3, 0.4) is 0 Å². The maximum absolute atomic E-state index is 11.9. The number of ether oxygens (including phenoxy) is 1. The summed E-state index contributed by atoms with van der Waals surface area (Å²) in [4.78, 5) is 14.2. The van der Waals surface area contributed by atoms with Crippen molar-refractivity contribution in [3.05, 3.63) is 24.3 Å². The molecule has 1 saturated heterocycles. The highest BCUT2D eigenvalue weighted by Gasteiger charge is 2.27. The lowest BCUT2D eigenvalue weighted by Gasteiger charge is -2.26. The Labute approximate surface area is 126 Å². The Kier molecular flexibility index (Phi) is 5.59. The van der Waals surface area contributed by atoms with Crippen LogP contribution < -0.4 is 11.1 Å². The number of hydrogen-bond donors (Lipinski definition) is 2. The number of para-hydroxylation sites is 2. The topological polar surface area (TPSA) is 67.6 Å². The van der Waals surface area contributed by atoms with Crippen LogP contribution in [0.1, 0.15) is 26.2 Å². The summed E-state index contributed by atoms with van der Waals surface area (Å²) in [6, 6.07) is 7.78. The first-order valence-corrected chi connectivity index (χ1v) is 7.54. The van der Waals surface area contributed by atoms with E-state index in [0.717, 1.165) is 26.0 Å². The third-order valence-corrected chi connectivity index (χ3v) is 4.05. The van der Waals surface area contributed by atoms with Gasteiger partial charge in [-0.05, 0) is 45.5 Å². The zero-order valence-corrected chi connectivity index (χ0v) is 12.8. The molecule has 2 atom stereocenters. The number of amides is 1. The first-order chi connectivity index (χ1) is 10.1. The normalized spacial score (nSPS) is 21.7. The second-order valence-electron chi connectivity index (χ2n) is 5.65. The molecule has 0 spiro atoms. The maximum Gasteiger partial charge on any atom is 0.224 e. The van der Waals surface area contributed by atoms with Crippen LogP contribution >= 0.6 is 0 Å². The zero-order valence-electron chi connectivity index (χ0n) is 12.8. The number of nitrogens with zero attached hydrogens (tertiary/aromatic N) is 1. The Balaban J connectivity index is 1.71. The van der Waals surface area contributed by atoms with Crippen LogP contribution in [-0.2, 0) is 9.53 Å². The van der Waals surface area contributed by atoms with Crippen LogP contribution in [0.4, 0.5) is 11.4 Å². The number of carbonyl (C=O) groups excluding carboxylic acids is 1. The molecule has 1 heterocycles. The van der Waals surface area contributed by atoms with E-state index in [1.807, 2.05) is 18.2 Å². The second-order valence-corrected chi connectivity index (χ2v) is 5.65. The molecule has 1 aliphatic heterocycles. The summed E-state index contributed by atoms with van der Waals surface area (Å²) in [6.07, 6.45) is 2.69. The number of carbonyl (C=O) groups is 1. The minimum atomic E-state index is 0.0111. The van der Waals surface area contributed by atoms with E-state index in [2.05, 4.69) is 24.2 Å². The van der Waals surface area contributed by atoms with Crippen molar-refractivity contribution in [2.75, 3.05) is 31.2 Å². The number of nitrogens with two attached hydrogens (primary N) is 1. The third kappa shape index (κ3) is 4.44. The fourth-order valence-corrected chi connectivity index (χ4v) is 2.78. The lowest BCUT2D eigenvalue weighted by molar-refractivity contribution is -0.116. The summed E-state index contributed by atoms with van der Waals surface area (Å²) in [5.41, 5.74) is 7.09. The summed E-state index contributed by atoms with van der Waals surface area (Å²) in [7, 11) is 2.10. The van der Waals surface area contributed by atoms with Crippen LogP contribution in [0.2, 0.25) is 0 Å². The van der Waals surface area contributed by atoms with E-state index in [0.29, 0.717) is 23.8 Å². The zero-order chi connectivity index (χ0) is 15.2. The van der Waals surface area contributed by atoms with E-state index in [4.69, 9.17) is 10.5 Å². The molecule has 21 heavy (non-hydrogen) atoms. The Morgan fingerprint density at radius 3 is 2.90 bits per heavy atom. The highest BCUT2D eigenvalue weighted by molar-refractivity contribution is 5.93. The minimum Gasteiger partial charge on any atom is -0.397 e. The Bertz CT molecular complexity index is 478. The van der Waals surface area contributed by atoms with Crippen LogP contribution in [-0.4, -0.2) is 43.2 Å². The van der Waals surface area contributed by atoms with Gasteiger partial charge in [0.05, 0.1) is 17.5 Å². The molecule has 0 radical (unpaired) electrons. The van der Waals surface area contributed by atoms with Gasteiger partial charge in [0.2, 0.25) is 5.91 Å². The molecule has 1 aromatic rings. The number of nitrogens with one attached hydrogen (secondary N) is 1. The van der Waals surface area contributed by atoms with Gasteiger partial charge in [-0.25, -0.2) is 0 Å². The van der Waals surface area contributed by atoms with Crippen LogP contribution in [0.25, 0.3) is 0 Å². The summed E-state index contributed by atoms with van der Waals surface area (Å²) >= 11 is 0. The SMILES string of the molecule is CC1OCCC1N(C)CCCC(=O)Nc1ccccc1N. The van der Waals surface area contributed by atoms with Gasteiger partial charge >= 0.3 is 0 Å². The molecular weight excluding hydrogens is 266 g/mol. The summed E-state index contributed by atoms with van der Waals surface area (Å²) < 4.78 is 5.57. The Hall–Kier alpha value is -1.59. The van der Waals surface area contributed by atoms with Gasteiger partial charge in [-0.2, -0.15) is 0 Å². The fourth-order valence-electron chi connectivity index (χ4n) is 2.78. The van der Waals surface area contributed by atoms with E-state index in [9.17, 15) is 4.79 Å². The molecule has 0 saturated carbocycles. The van der Waals surface area contributed by atoms with Gasteiger partial charge in [-0.1, -0.05) is 12.1 Å². The highest BCUT2D eigenvalue weighted by atomic mass is 16.5. The van der Waals surface area contributed by atoms with E-state index in [1.54, 1.807) is 6.07 Å². The molecule has 3 N–H and O–H groups in total. The average Bonchev–Trinajstić information content (AvgIpc) is 2.87. The predicted octanol–water partition coefficient (Wildman–Crippen LogP) is 2.10. The van der Waals surface area contributed by atoms with Gasteiger partial charge in [0.1, 0.15) is 0 Å². The van der Waals surface area contributed by atoms with Crippen molar-refractivity contribution in [1.29, 1.82) is 0 Å². The standard InChI is InChI=1S/C16H25N3O2/c1-12-15(9-11-21-12)19(2)10-5-8-16(20)18-14-7-4-3-6-13(14)17/h3-4,6-7,12,15H,5,8-11,17H2,1-2H3,(H,18,20). The number of nitrogen functional groups attached to an aromatic ring is 1. The largest absolute Gasteiger partial charge is 0.397 e. The van der Waals surface area contributed by atoms with Crippen molar-refractivity contribution < 1.29 is 9.53 Å². The smallest absolute Gasteiger partial charge is 0.224 e. The molecule has 1 fully saturated rings. The molecule has 116 valence electrons. The molecule has 0 bridgehead atoms. The molecule has 2 unspecified atom stereocenters. The molecule has 5 nitrogen and oxygen atoms in total. The summed E-state index contributed by atoms with van der Waals surface area (Å²) in [5.74, 6) is 0.0111. The van der Waals surface area contributed by atoms with Gasteiger partial charge in [0.15, 0.2) is 0 Å². The number of likely N-dealkylation sites (N-methyl/N-ethyl adjacent to an activating group) is 1. The quantitative estimate of drug-likeness (QED) is 0.788. The van der Waals surface area contributed by atoms with Gasteiger partial charge in [-0.3, -0.25) is 4.79 Å². The Morgan fingerprint density at radius 1 is 1.48 bits per heavy atom. The number of benzene rings is 1. The van der Waals surface area contributed by atoms with E-state index < -0.39 is 0 Å². The van der Waals surface area contributed by atoms with Crippen molar-refractivity contribution in [1.82, 2.24) is 4.90 Å².